The molecule has 296 valence electrons. The van der Waals surface area contributed by atoms with E-state index in [-0.39, 0.29) is 36.2 Å². The molecule has 15 nitrogen and oxygen atoms in total. The summed E-state index contributed by atoms with van der Waals surface area (Å²) in [7, 11) is 0.694. The van der Waals surface area contributed by atoms with Gasteiger partial charge in [-0.2, -0.15) is 0 Å². The van der Waals surface area contributed by atoms with Gasteiger partial charge >= 0.3 is 30.2 Å². The first-order valence-corrected chi connectivity index (χ1v) is 22.3. The molecule has 1 saturated carbocycles. The molecule has 4 atom stereocenters. The molecule has 0 bridgehead atoms. The first-order valence-electron chi connectivity index (χ1n) is 17.8. The van der Waals surface area contributed by atoms with E-state index in [0.29, 0.717) is 18.9 Å². The number of ether oxygens (including phenoxy) is 6. The van der Waals surface area contributed by atoms with Crippen molar-refractivity contribution in [2.24, 2.45) is 0 Å². The number of hydrogen-bond donors (Lipinski definition) is 2. The summed E-state index contributed by atoms with van der Waals surface area (Å²) < 4.78 is 33.6. The molecule has 0 unspecified atom stereocenters. The van der Waals surface area contributed by atoms with E-state index in [9.17, 15) is 29.1 Å². The predicted molar refractivity (Wildman–Crippen MR) is 196 cm³/mol. The van der Waals surface area contributed by atoms with Gasteiger partial charge in [-0.15, -0.1) is 0 Å². The van der Waals surface area contributed by atoms with Gasteiger partial charge < -0.3 is 33.5 Å². The highest BCUT2D eigenvalue weighted by atomic mass is 79.9. The lowest BCUT2D eigenvalue weighted by atomic mass is 9.83. The van der Waals surface area contributed by atoms with Crippen molar-refractivity contribution in [3.05, 3.63) is 10.2 Å². The molecule has 3 rings (SSSR count). The minimum absolute atomic E-state index is 0.0238. The summed E-state index contributed by atoms with van der Waals surface area (Å²) in [5, 5.41) is 15.0. The summed E-state index contributed by atoms with van der Waals surface area (Å²) in [5.41, 5.74) is -5.61. The predicted octanol–water partition coefficient (Wildman–Crippen LogP) is 5.80. The van der Waals surface area contributed by atoms with Gasteiger partial charge in [-0.25, -0.2) is 24.0 Å². The van der Waals surface area contributed by atoms with Gasteiger partial charge in [0.2, 0.25) is 0 Å². The fraction of sp³-hybridized carbons (Fsp3) is 0.800. The zero-order valence-corrected chi connectivity index (χ0v) is 35.1. The van der Waals surface area contributed by atoms with Crippen LogP contribution in [-0.4, -0.2) is 121 Å². The Hall–Kier alpha value is -2.89. The first-order chi connectivity index (χ1) is 23.9. The second-order valence-corrected chi connectivity index (χ2v) is 23.3. The summed E-state index contributed by atoms with van der Waals surface area (Å²) in [5.74, 6) is -1.95. The molecule has 2 aliphatic heterocycles. The van der Waals surface area contributed by atoms with Crippen LogP contribution in [0.15, 0.2) is 10.2 Å². The average Bonchev–Trinajstić information content (AvgIpc) is 3.60. The van der Waals surface area contributed by atoms with Gasteiger partial charge in [0, 0.05) is 12.6 Å². The molecule has 2 saturated heterocycles. The van der Waals surface area contributed by atoms with Crippen LogP contribution in [0, 0.1) is 0 Å². The minimum atomic E-state index is -2.17. The van der Waals surface area contributed by atoms with E-state index in [4.69, 9.17) is 28.4 Å². The molecule has 0 aromatic heterocycles. The fourth-order valence-electron chi connectivity index (χ4n) is 6.92. The standard InChI is InChI=1S/C35H58BrN3O12Si/c1-32(2,3)50-30(44)38-23(21-49-34(38)16-13-12-14-17-34)26(40)35(28(42)47-8)18-15-22(39(35)31(45)51-33(4,5)6)24(36)25(27(41)46-7)37-29(43)48-19-20-52(9,10)11/h22-23,26,40H,12-21H2,1-11H3,(H,37,43)/b25-24-/t22-,23+,26+,35-/m1/s1. The number of amides is 3. The Morgan fingerprint density at radius 1 is 0.904 bits per heavy atom. The molecule has 17 heteroatoms. The van der Waals surface area contributed by atoms with Crippen molar-refractivity contribution in [1.29, 1.82) is 0 Å². The molecule has 3 aliphatic rings. The number of likely N-dealkylation sites (tertiary alicyclic amines) is 1. The van der Waals surface area contributed by atoms with Crippen LogP contribution in [0.25, 0.3) is 0 Å². The van der Waals surface area contributed by atoms with Gasteiger partial charge in [-0.05, 0) is 86.1 Å². The molecule has 2 heterocycles. The maximum atomic E-state index is 14.3. The Morgan fingerprint density at radius 3 is 1.96 bits per heavy atom. The van der Waals surface area contributed by atoms with Gasteiger partial charge in [0.25, 0.3) is 0 Å². The van der Waals surface area contributed by atoms with Crippen molar-refractivity contribution in [2.75, 3.05) is 27.4 Å². The van der Waals surface area contributed by atoms with Crippen LogP contribution >= 0.6 is 15.9 Å². The van der Waals surface area contributed by atoms with Crippen LogP contribution in [0.4, 0.5) is 14.4 Å². The second-order valence-electron chi connectivity index (χ2n) is 16.8. The third kappa shape index (κ3) is 9.99. The van der Waals surface area contributed by atoms with Crippen LogP contribution in [0.1, 0.15) is 86.5 Å². The third-order valence-corrected chi connectivity index (χ3v) is 11.9. The zero-order chi connectivity index (χ0) is 39.4. The van der Waals surface area contributed by atoms with E-state index in [2.05, 4.69) is 40.9 Å². The van der Waals surface area contributed by atoms with E-state index in [1.165, 1.54) is 4.90 Å². The Labute approximate surface area is 316 Å². The Bertz CT molecular complexity index is 1380. The number of methoxy groups -OCH3 is 2. The van der Waals surface area contributed by atoms with Gasteiger partial charge in [-0.3, -0.25) is 15.1 Å². The van der Waals surface area contributed by atoms with Crippen molar-refractivity contribution in [1.82, 2.24) is 15.1 Å². The number of aliphatic hydroxyl groups is 1. The van der Waals surface area contributed by atoms with Crippen LogP contribution in [0.3, 0.4) is 0 Å². The van der Waals surface area contributed by atoms with Crippen molar-refractivity contribution in [3.8, 4) is 0 Å². The summed E-state index contributed by atoms with van der Waals surface area (Å²) in [6.07, 6.45) is -1.28. The van der Waals surface area contributed by atoms with E-state index in [1.807, 2.05) is 0 Å². The summed E-state index contributed by atoms with van der Waals surface area (Å²) in [4.78, 5) is 71.0. The van der Waals surface area contributed by atoms with Crippen molar-refractivity contribution in [3.63, 3.8) is 0 Å². The second kappa shape index (κ2) is 16.6. The van der Waals surface area contributed by atoms with Crippen LogP contribution in [-0.2, 0) is 38.0 Å². The quantitative estimate of drug-likeness (QED) is 0.124. The molecule has 0 aromatic carbocycles. The molecule has 52 heavy (non-hydrogen) atoms. The minimum Gasteiger partial charge on any atom is -0.467 e. The molecule has 3 fully saturated rings. The van der Waals surface area contributed by atoms with Crippen molar-refractivity contribution >= 4 is 54.2 Å². The molecule has 0 aromatic rings. The van der Waals surface area contributed by atoms with Gasteiger partial charge in [-0.1, -0.05) is 42.0 Å². The summed E-state index contributed by atoms with van der Waals surface area (Å²) >= 11 is 3.43. The van der Waals surface area contributed by atoms with Gasteiger partial charge in [0.05, 0.1) is 39.5 Å². The Morgan fingerprint density at radius 2 is 1.46 bits per heavy atom. The zero-order valence-electron chi connectivity index (χ0n) is 32.5. The monoisotopic (exact) mass is 819 g/mol. The average molecular weight is 821 g/mol. The number of rotatable bonds is 9. The topological polar surface area (TPSA) is 179 Å². The number of carbonyl (C=O) groups excluding carboxylic acids is 5. The number of nitrogens with zero attached hydrogens (tertiary/aromatic N) is 2. The SMILES string of the molecule is COC(=O)/C(NC(=O)OCC[Si](C)(C)C)=C(/Br)[C@H]1CC[C@](C(=O)OC)([C@@H](O)[C@@H]2COC3(CCCCC3)N2C(=O)OC(C)(C)C)N1C(=O)OC(C)(C)C. The molecule has 1 spiro atoms. The third-order valence-electron chi connectivity index (χ3n) is 9.27. The van der Waals surface area contributed by atoms with Gasteiger partial charge in [0.1, 0.15) is 28.7 Å². The normalized spacial score (nSPS) is 24.5. The summed E-state index contributed by atoms with van der Waals surface area (Å²) in [6, 6.07) is -1.67. The first kappa shape index (κ1) is 43.5. The fourth-order valence-corrected chi connectivity index (χ4v) is 8.33. The molecule has 2 N–H and O–H groups in total. The van der Waals surface area contributed by atoms with E-state index < -0.39 is 78.9 Å². The van der Waals surface area contributed by atoms with E-state index in [0.717, 1.165) is 38.4 Å². The van der Waals surface area contributed by atoms with E-state index >= 15 is 0 Å². The largest absolute Gasteiger partial charge is 0.467 e. The lowest BCUT2D eigenvalue weighted by Crippen LogP contribution is -2.69. The number of esters is 2. The number of halogens is 1. The highest BCUT2D eigenvalue weighted by Crippen LogP contribution is 2.48. The molecular weight excluding hydrogens is 762 g/mol. The lowest BCUT2D eigenvalue weighted by molar-refractivity contribution is -0.166. The van der Waals surface area contributed by atoms with E-state index in [1.54, 1.807) is 41.5 Å². The van der Waals surface area contributed by atoms with Crippen molar-refractivity contribution in [2.45, 2.75) is 153 Å². The highest BCUT2D eigenvalue weighted by Gasteiger charge is 2.66. The number of hydrogen-bond acceptors (Lipinski definition) is 12. The van der Waals surface area contributed by atoms with Crippen LogP contribution in [0.2, 0.25) is 25.7 Å². The highest BCUT2D eigenvalue weighted by molar-refractivity contribution is 9.11. The molecular formula is C35H58BrN3O12Si. The number of carbonyl (C=O) groups is 5. The number of nitrogens with one attached hydrogen (secondary N) is 1. The lowest BCUT2D eigenvalue weighted by Gasteiger charge is -2.47. The number of alkyl carbamates (subject to hydrolysis) is 1. The van der Waals surface area contributed by atoms with Crippen molar-refractivity contribution < 1.29 is 57.5 Å². The molecule has 0 radical (unpaired) electrons. The molecule has 3 amide bonds. The molecule has 1 aliphatic carbocycles. The number of aliphatic hydroxyl groups excluding tert-OH is 1. The van der Waals surface area contributed by atoms with Gasteiger partial charge in [0.15, 0.2) is 5.54 Å². The smallest absolute Gasteiger partial charge is 0.413 e. The summed E-state index contributed by atoms with van der Waals surface area (Å²) in [6.45, 7) is 16.4. The maximum Gasteiger partial charge on any atom is 0.413 e. The Kier molecular flexibility index (Phi) is 13.9. The Balaban J connectivity index is 2.19. The van der Waals surface area contributed by atoms with Crippen LogP contribution in [0.5, 0.6) is 0 Å². The maximum absolute atomic E-state index is 14.3. The van der Waals surface area contributed by atoms with Crippen LogP contribution < -0.4 is 5.32 Å².